The number of pyridine rings is 1. The van der Waals surface area contributed by atoms with Gasteiger partial charge in [0.1, 0.15) is 5.82 Å². The Morgan fingerprint density at radius 1 is 1.22 bits per heavy atom. The van der Waals surface area contributed by atoms with Crippen molar-refractivity contribution in [2.24, 2.45) is 0 Å². The van der Waals surface area contributed by atoms with Crippen LogP contribution in [-0.2, 0) is 11.2 Å². The van der Waals surface area contributed by atoms with E-state index in [9.17, 15) is 4.79 Å². The fraction of sp³-hybridized carbons (Fsp3) is 0.143. The van der Waals surface area contributed by atoms with E-state index in [1.54, 1.807) is 31.4 Å². The quantitative estimate of drug-likeness (QED) is 0.543. The third-order valence-electron chi connectivity index (χ3n) is 3.86. The highest BCUT2D eigenvalue weighted by molar-refractivity contribution is 6.31. The number of nitrogens with zero attached hydrogens (tertiary/aromatic N) is 2. The number of hydrazine groups is 1. The van der Waals surface area contributed by atoms with Gasteiger partial charge in [0.2, 0.25) is 5.91 Å². The van der Waals surface area contributed by atoms with Crippen LogP contribution < -0.4 is 11.2 Å². The number of hydrogen-bond donors (Lipinski definition) is 2. The maximum Gasteiger partial charge on any atom is 0.238 e. The number of aromatic nitrogens is 1. The number of anilines is 1. The molecule has 0 bridgehead atoms. The van der Waals surface area contributed by atoms with Gasteiger partial charge in [-0.3, -0.25) is 10.2 Å². The SMILES string of the molecule is CN(C)NC(=O)Cc1cccc(C#Cc2c(N)ncc3ccc(Cl)cc23)c1. The van der Waals surface area contributed by atoms with E-state index in [-0.39, 0.29) is 12.3 Å². The van der Waals surface area contributed by atoms with Crippen molar-refractivity contribution in [1.82, 2.24) is 15.4 Å². The Bertz CT molecular complexity index is 1060. The van der Waals surface area contributed by atoms with Gasteiger partial charge < -0.3 is 5.73 Å². The van der Waals surface area contributed by atoms with Crippen molar-refractivity contribution in [1.29, 1.82) is 0 Å². The molecule has 136 valence electrons. The number of nitrogen functional groups attached to an aromatic ring is 1. The molecule has 5 nitrogen and oxygen atoms in total. The summed E-state index contributed by atoms with van der Waals surface area (Å²) in [5.74, 6) is 6.50. The molecule has 0 saturated heterocycles. The van der Waals surface area contributed by atoms with E-state index in [2.05, 4.69) is 22.3 Å². The third-order valence-corrected chi connectivity index (χ3v) is 4.09. The van der Waals surface area contributed by atoms with Crippen LogP contribution in [-0.4, -0.2) is 30.0 Å². The van der Waals surface area contributed by atoms with Crippen molar-refractivity contribution in [3.05, 3.63) is 70.4 Å². The number of fused-ring (bicyclic) bond motifs is 1. The Kier molecular flexibility index (Phi) is 5.60. The molecule has 3 rings (SSSR count). The van der Waals surface area contributed by atoms with Crippen LogP contribution in [0.5, 0.6) is 0 Å². The molecule has 1 amide bonds. The summed E-state index contributed by atoms with van der Waals surface area (Å²) in [6, 6.07) is 13.1. The van der Waals surface area contributed by atoms with Gasteiger partial charge in [-0.25, -0.2) is 9.99 Å². The Morgan fingerprint density at radius 3 is 2.81 bits per heavy atom. The highest BCUT2D eigenvalue weighted by Gasteiger charge is 2.06. The van der Waals surface area contributed by atoms with Crippen LogP contribution in [0.25, 0.3) is 10.8 Å². The minimum absolute atomic E-state index is 0.0813. The molecule has 3 aromatic rings. The largest absolute Gasteiger partial charge is 0.383 e. The van der Waals surface area contributed by atoms with Crippen molar-refractivity contribution in [3.63, 3.8) is 0 Å². The van der Waals surface area contributed by atoms with Gasteiger partial charge in [0.25, 0.3) is 0 Å². The summed E-state index contributed by atoms with van der Waals surface area (Å²) < 4.78 is 0. The zero-order valence-electron chi connectivity index (χ0n) is 15.1. The predicted octanol–water partition coefficient (Wildman–Crippen LogP) is 3.01. The van der Waals surface area contributed by atoms with Gasteiger partial charge in [-0.1, -0.05) is 41.6 Å². The maximum absolute atomic E-state index is 11.9. The lowest BCUT2D eigenvalue weighted by Gasteiger charge is -2.11. The molecule has 0 radical (unpaired) electrons. The van der Waals surface area contributed by atoms with Crippen LogP contribution in [0.2, 0.25) is 5.02 Å². The normalized spacial score (nSPS) is 10.5. The lowest BCUT2D eigenvalue weighted by Crippen LogP contribution is -2.37. The number of hydrogen-bond acceptors (Lipinski definition) is 4. The fourth-order valence-electron chi connectivity index (χ4n) is 2.70. The molecule has 0 atom stereocenters. The average molecular weight is 379 g/mol. The first-order chi connectivity index (χ1) is 12.9. The molecule has 0 aliphatic heterocycles. The lowest BCUT2D eigenvalue weighted by atomic mass is 10.1. The van der Waals surface area contributed by atoms with Crippen LogP contribution in [0.15, 0.2) is 48.7 Å². The van der Waals surface area contributed by atoms with Crippen molar-refractivity contribution < 1.29 is 4.79 Å². The van der Waals surface area contributed by atoms with Crippen molar-refractivity contribution >= 4 is 34.1 Å². The van der Waals surface area contributed by atoms with Gasteiger partial charge in [0.05, 0.1) is 12.0 Å². The molecule has 3 N–H and O–H groups in total. The molecule has 0 aliphatic carbocycles. The van der Waals surface area contributed by atoms with Crippen molar-refractivity contribution in [2.45, 2.75) is 6.42 Å². The monoisotopic (exact) mass is 378 g/mol. The molecule has 0 fully saturated rings. The molecular formula is C21H19ClN4O. The second-order valence-electron chi connectivity index (χ2n) is 6.31. The number of benzene rings is 2. The van der Waals surface area contributed by atoms with Gasteiger partial charge in [0.15, 0.2) is 0 Å². The number of carbonyl (C=O) groups excluding carboxylic acids is 1. The van der Waals surface area contributed by atoms with E-state index in [1.165, 1.54) is 0 Å². The van der Waals surface area contributed by atoms with Crippen molar-refractivity contribution in [2.75, 3.05) is 19.8 Å². The third kappa shape index (κ3) is 4.76. The van der Waals surface area contributed by atoms with Crippen LogP contribution in [0, 0.1) is 11.8 Å². The molecule has 1 heterocycles. The van der Waals surface area contributed by atoms with Gasteiger partial charge in [-0.15, -0.1) is 0 Å². The van der Waals surface area contributed by atoms with E-state index >= 15 is 0 Å². The average Bonchev–Trinajstić information content (AvgIpc) is 2.60. The highest BCUT2D eigenvalue weighted by atomic mass is 35.5. The van der Waals surface area contributed by atoms with E-state index in [4.69, 9.17) is 17.3 Å². The van der Waals surface area contributed by atoms with E-state index in [1.807, 2.05) is 36.4 Å². The molecule has 0 unspecified atom stereocenters. The summed E-state index contributed by atoms with van der Waals surface area (Å²) in [4.78, 5) is 16.1. The second-order valence-corrected chi connectivity index (χ2v) is 6.74. The van der Waals surface area contributed by atoms with Crippen LogP contribution in [0.4, 0.5) is 5.82 Å². The number of nitrogens with one attached hydrogen (secondary N) is 1. The highest BCUT2D eigenvalue weighted by Crippen LogP contribution is 2.24. The molecule has 0 aliphatic rings. The Hall–Kier alpha value is -3.07. The zero-order chi connectivity index (χ0) is 19.4. The van der Waals surface area contributed by atoms with Gasteiger partial charge >= 0.3 is 0 Å². The Labute approximate surface area is 163 Å². The fourth-order valence-corrected chi connectivity index (χ4v) is 2.87. The van der Waals surface area contributed by atoms with Gasteiger partial charge in [0, 0.05) is 41.7 Å². The first-order valence-corrected chi connectivity index (χ1v) is 8.71. The van der Waals surface area contributed by atoms with Crippen LogP contribution in [0.1, 0.15) is 16.7 Å². The number of nitrogens with two attached hydrogens (primary N) is 1. The minimum Gasteiger partial charge on any atom is -0.383 e. The van der Waals surface area contributed by atoms with Crippen LogP contribution in [0.3, 0.4) is 0 Å². The molecule has 1 aromatic heterocycles. The summed E-state index contributed by atoms with van der Waals surface area (Å²) in [6.45, 7) is 0. The molecule has 0 saturated carbocycles. The molecule has 2 aromatic carbocycles. The maximum atomic E-state index is 11.9. The Morgan fingerprint density at radius 2 is 2.04 bits per heavy atom. The molecule has 0 spiro atoms. The smallest absolute Gasteiger partial charge is 0.238 e. The first kappa shape index (κ1) is 18.7. The molecule has 27 heavy (non-hydrogen) atoms. The number of rotatable bonds is 3. The summed E-state index contributed by atoms with van der Waals surface area (Å²) in [5.41, 5.74) is 11.1. The van der Waals surface area contributed by atoms with Crippen molar-refractivity contribution in [3.8, 4) is 11.8 Å². The van der Waals surface area contributed by atoms with Gasteiger partial charge in [-0.05, 0) is 29.8 Å². The minimum atomic E-state index is -0.0813. The Balaban J connectivity index is 1.92. The lowest BCUT2D eigenvalue weighted by molar-refractivity contribution is -0.124. The van der Waals surface area contributed by atoms with E-state index < -0.39 is 0 Å². The number of carbonyl (C=O) groups is 1. The van der Waals surface area contributed by atoms with Crippen LogP contribution >= 0.6 is 11.6 Å². The van der Waals surface area contributed by atoms with E-state index in [0.29, 0.717) is 16.4 Å². The summed E-state index contributed by atoms with van der Waals surface area (Å²) in [7, 11) is 3.54. The topological polar surface area (TPSA) is 71.2 Å². The molecule has 6 heteroatoms. The number of halogens is 1. The van der Waals surface area contributed by atoms with Gasteiger partial charge in [-0.2, -0.15) is 0 Å². The standard InChI is InChI=1S/C21H19ClN4O/c1-26(2)25-20(27)11-15-5-3-4-14(10-15)6-9-18-19-12-17(22)8-7-16(19)13-24-21(18)23/h3-5,7-8,10,12-13H,11H2,1-2H3,(H2,23,24)(H,25,27). The summed E-state index contributed by atoms with van der Waals surface area (Å²) in [5, 5.41) is 4.02. The van der Waals surface area contributed by atoms with E-state index in [0.717, 1.165) is 21.9 Å². The predicted molar refractivity (Wildman–Crippen MR) is 109 cm³/mol. The molecular weight excluding hydrogens is 360 g/mol. The number of amides is 1. The summed E-state index contributed by atoms with van der Waals surface area (Å²) >= 11 is 6.11. The summed E-state index contributed by atoms with van der Waals surface area (Å²) in [6.07, 6.45) is 1.98. The second kappa shape index (κ2) is 8.09. The first-order valence-electron chi connectivity index (χ1n) is 8.34. The zero-order valence-corrected chi connectivity index (χ0v) is 15.8.